The molecule has 1 aliphatic carbocycles. The number of hydrogen-bond donors (Lipinski definition) is 0. The van der Waals surface area contributed by atoms with Gasteiger partial charge in [0.05, 0.1) is 0 Å². The smallest absolute Gasteiger partial charge is 0.230 e. The van der Waals surface area contributed by atoms with Crippen LogP contribution in [0.4, 0.5) is 39.5 Å². The molecule has 0 radical (unpaired) electrons. The lowest BCUT2D eigenvalue weighted by atomic mass is 9.82. The molecule has 0 nitrogen and oxygen atoms in total. The van der Waals surface area contributed by atoms with Crippen LogP contribution in [0.3, 0.4) is 0 Å². The SMILES string of the molecule is CCCCCCCCC(I)(CC)CC1(F)C(F)(F)C(F)(F)C(F)(F)C1(F)F. The van der Waals surface area contributed by atoms with Gasteiger partial charge in [-0.2, -0.15) is 35.1 Å². The monoisotopic (exact) mass is 526 g/mol. The van der Waals surface area contributed by atoms with Gasteiger partial charge in [0, 0.05) is 9.84 Å². The molecule has 1 unspecified atom stereocenters. The first kappa shape index (κ1) is 25.1. The van der Waals surface area contributed by atoms with E-state index in [2.05, 4.69) is 0 Å². The summed E-state index contributed by atoms with van der Waals surface area (Å²) in [5.74, 6) is -25.4. The van der Waals surface area contributed by atoms with Crippen LogP contribution in [0.1, 0.15) is 71.6 Å². The Labute approximate surface area is 166 Å². The van der Waals surface area contributed by atoms with E-state index in [1.165, 1.54) is 29.5 Å². The fourth-order valence-corrected chi connectivity index (χ4v) is 4.27. The quantitative estimate of drug-likeness (QED) is 0.117. The Hall–Kier alpha value is 0.1000. The van der Waals surface area contributed by atoms with Gasteiger partial charge in [-0.15, -0.1) is 0 Å². The predicted molar refractivity (Wildman–Crippen MR) is 93.3 cm³/mol. The molecule has 0 saturated heterocycles. The van der Waals surface area contributed by atoms with E-state index in [1.54, 1.807) is 0 Å². The Bertz CT molecular complexity index is 481. The summed E-state index contributed by atoms with van der Waals surface area (Å²) in [7, 11) is 0. The second-order valence-corrected chi connectivity index (χ2v) is 9.59. The summed E-state index contributed by atoms with van der Waals surface area (Å²) in [5.41, 5.74) is -5.34. The van der Waals surface area contributed by atoms with Gasteiger partial charge in [-0.25, -0.2) is 4.39 Å². The van der Waals surface area contributed by atoms with Crippen molar-refractivity contribution in [3.8, 4) is 0 Å². The maximum absolute atomic E-state index is 14.8. The average Bonchev–Trinajstić information content (AvgIpc) is 2.60. The lowest BCUT2D eigenvalue weighted by Crippen LogP contribution is -2.57. The molecular formula is C17H24F9I. The van der Waals surface area contributed by atoms with Crippen LogP contribution in [-0.2, 0) is 0 Å². The number of hydrogen-bond acceptors (Lipinski definition) is 0. The zero-order valence-electron chi connectivity index (χ0n) is 15.1. The molecule has 1 rings (SSSR count). The Balaban J connectivity index is 3.04. The summed E-state index contributed by atoms with van der Waals surface area (Å²) < 4.78 is 122. The Morgan fingerprint density at radius 1 is 0.630 bits per heavy atom. The van der Waals surface area contributed by atoms with Crippen molar-refractivity contribution in [3.63, 3.8) is 0 Å². The van der Waals surface area contributed by atoms with Gasteiger partial charge in [-0.05, 0) is 12.8 Å². The van der Waals surface area contributed by atoms with Crippen LogP contribution in [0.2, 0.25) is 0 Å². The maximum atomic E-state index is 14.8. The van der Waals surface area contributed by atoms with Gasteiger partial charge in [0.2, 0.25) is 0 Å². The third kappa shape index (κ3) is 3.81. The Morgan fingerprint density at radius 2 is 1.04 bits per heavy atom. The van der Waals surface area contributed by atoms with Crippen molar-refractivity contribution in [2.24, 2.45) is 0 Å². The highest BCUT2D eigenvalue weighted by Gasteiger charge is 3.00. The molecule has 0 aliphatic heterocycles. The first-order valence-electron chi connectivity index (χ1n) is 8.97. The minimum absolute atomic E-state index is 0.00877. The molecule has 0 bridgehead atoms. The van der Waals surface area contributed by atoms with Gasteiger partial charge in [0.25, 0.3) is 5.67 Å². The number of unbranched alkanes of at least 4 members (excludes halogenated alkanes) is 5. The van der Waals surface area contributed by atoms with E-state index in [0.29, 0.717) is 12.8 Å². The molecule has 1 fully saturated rings. The van der Waals surface area contributed by atoms with Crippen LogP contribution in [0, 0.1) is 0 Å². The highest BCUT2D eigenvalue weighted by Crippen LogP contribution is 2.71. The van der Waals surface area contributed by atoms with Crippen LogP contribution in [0.15, 0.2) is 0 Å². The van der Waals surface area contributed by atoms with Crippen molar-refractivity contribution >= 4 is 22.6 Å². The molecule has 0 heterocycles. The molecule has 0 N–H and O–H groups in total. The molecule has 10 heteroatoms. The van der Waals surface area contributed by atoms with Gasteiger partial charge in [-0.3, -0.25) is 0 Å². The van der Waals surface area contributed by atoms with Crippen molar-refractivity contribution < 1.29 is 39.5 Å². The number of alkyl halides is 10. The molecule has 162 valence electrons. The van der Waals surface area contributed by atoms with Crippen molar-refractivity contribution in [1.82, 2.24) is 0 Å². The minimum Gasteiger partial charge on any atom is -0.230 e. The normalized spacial score (nSPS) is 26.7. The lowest BCUT2D eigenvalue weighted by molar-refractivity contribution is -0.303. The maximum Gasteiger partial charge on any atom is 0.381 e. The summed E-state index contributed by atoms with van der Waals surface area (Å²) in [6, 6.07) is 0. The molecule has 0 aromatic rings. The van der Waals surface area contributed by atoms with Crippen LogP contribution < -0.4 is 0 Å². The molecule has 1 atom stereocenters. The second kappa shape index (κ2) is 8.08. The summed E-state index contributed by atoms with van der Waals surface area (Å²) in [5, 5.41) is 0. The summed E-state index contributed by atoms with van der Waals surface area (Å²) in [4.78, 5) is 0. The fraction of sp³-hybridized carbons (Fsp3) is 1.00. The summed E-state index contributed by atoms with van der Waals surface area (Å²) in [6.07, 6.45) is 2.80. The molecule has 0 amide bonds. The zero-order chi connectivity index (χ0) is 21.4. The van der Waals surface area contributed by atoms with E-state index in [4.69, 9.17) is 0 Å². The van der Waals surface area contributed by atoms with Crippen LogP contribution in [-0.4, -0.2) is 32.8 Å². The predicted octanol–water partition coefficient (Wildman–Crippen LogP) is 7.97. The van der Waals surface area contributed by atoms with Gasteiger partial charge >= 0.3 is 23.7 Å². The Morgan fingerprint density at radius 3 is 1.44 bits per heavy atom. The van der Waals surface area contributed by atoms with E-state index in [0.717, 1.165) is 25.7 Å². The second-order valence-electron chi connectivity index (χ2n) is 7.30. The van der Waals surface area contributed by atoms with Crippen molar-refractivity contribution in [1.29, 1.82) is 0 Å². The molecule has 27 heavy (non-hydrogen) atoms. The first-order chi connectivity index (χ1) is 12.1. The number of halogens is 10. The van der Waals surface area contributed by atoms with E-state index >= 15 is 0 Å². The molecule has 0 aromatic carbocycles. The molecule has 1 aliphatic rings. The van der Waals surface area contributed by atoms with Crippen molar-refractivity contribution in [2.45, 2.75) is 104 Å². The topological polar surface area (TPSA) is 0 Å². The van der Waals surface area contributed by atoms with Gasteiger partial charge in [0.1, 0.15) is 0 Å². The molecule has 1 saturated carbocycles. The van der Waals surface area contributed by atoms with E-state index in [9.17, 15) is 39.5 Å². The third-order valence-corrected chi connectivity index (χ3v) is 7.03. The minimum atomic E-state index is -6.48. The molecule has 0 aromatic heterocycles. The van der Waals surface area contributed by atoms with Crippen molar-refractivity contribution in [2.75, 3.05) is 0 Å². The molecular weight excluding hydrogens is 502 g/mol. The van der Waals surface area contributed by atoms with Crippen molar-refractivity contribution in [3.05, 3.63) is 0 Å². The Kier molecular flexibility index (Phi) is 7.53. The van der Waals surface area contributed by atoms with E-state index < -0.39 is 39.2 Å². The van der Waals surface area contributed by atoms with Gasteiger partial charge in [0.15, 0.2) is 0 Å². The fourth-order valence-electron chi connectivity index (χ4n) is 3.36. The summed E-state index contributed by atoms with van der Waals surface area (Å²) >= 11 is 1.47. The lowest BCUT2D eigenvalue weighted by Gasteiger charge is -2.38. The largest absolute Gasteiger partial charge is 0.381 e. The average molecular weight is 526 g/mol. The van der Waals surface area contributed by atoms with E-state index in [1.807, 2.05) is 6.92 Å². The number of rotatable bonds is 10. The highest BCUT2D eigenvalue weighted by atomic mass is 127. The van der Waals surface area contributed by atoms with Gasteiger partial charge < -0.3 is 0 Å². The van der Waals surface area contributed by atoms with Crippen LogP contribution >= 0.6 is 22.6 Å². The standard InChI is InChI=1S/C17H24F9I/c1-3-5-6-7-8-9-10-12(27,4-2)11-13(18)14(19,20)16(23,24)17(25,26)15(13,21)22/h3-11H2,1-2H3. The van der Waals surface area contributed by atoms with Gasteiger partial charge in [-0.1, -0.05) is 75.0 Å². The van der Waals surface area contributed by atoms with E-state index in [-0.39, 0.29) is 12.8 Å². The highest BCUT2D eigenvalue weighted by molar-refractivity contribution is 14.1. The van der Waals surface area contributed by atoms with Crippen LogP contribution in [0.25, 0.3) is 0 Å². The first-order valence-corrected chi connectivity index (χ1v) is 10.0. The molecule has 0 spiro atoms. The summed E-state index contributed by atoms with van der Waals surface area (Å²) in [6.45, 7) is 3.40. The zero-order valence-corrected chi connectivity index (χ0v) is 17.3. The third-order valence-electron chi connectivity index (χ3n) is 5.35. The van der Waals surface area contributed by atoms with Crippen LogP contribution in [0.5, 0.6) is 0 Å².